The summed E-state index contributed by atoms with van der Waals surface area (Å²) in [5, 5.41) is 18.2. The number of carboxylic acid groups (broad SMARTS) is 2. The maximum atomic E-state index is 11.2. The van der Waals surface area contributed by atoms with Gasteiger partial charge in [-0.1, -0.05) is 23.9 Å². The van der Waals surface area contributed by atoms with E-state index < -0.39 is 11.9 Å². The van der Waals surface area contributed by atoms with Crippen molar-refractivity contribution in [1.29, 1.82) is 0 Å². The zero-order valence-corrected chi connectivity index (χ0v) is 12.0. The molecule has 0 unspecified atom stereocenters. The SMILES string of the molecule is Cc1cc(Sc2ccccc2C(=O)O)c(N)cc1C(=O)O. The summed E-state index contributed by atoms with van der Waals surface area (Å²) in [5.74, 6) is -2.06. The molecule has 0 fully saturated rings. The van der Waals surface area contributed by atoms with Gasteiger partial charge in [0.1, 0.15) is 0 Å². The lowest BCUT2D eigenvalue weighted by atomic mass is 10.1. The predicted octanol–water partition coefficient (Wildman–Crippen LogP) is 3.12. The van der Waals surface area contributed by atoms with Gasteiger partial charge in [0.15, 0.2) is 0 Å². The van der Waals surface area contributed by atoms with Crippen LogP contribution >= 0.6 is 11.8 Å². The molecule has 2 aromatic carbocycles. The summed E-state index contributed by atoms with van der Waals surface area (Å²) in [6.07, 6.45) is 0. The fourth-order valence-corrected chi connectivity index (χ4v) is 2.93. The van der Waals surface area contributed by atoms with Crippen LogP contribution in [0, 0.1) is 6.92 Å². The molecular weight excluding hydrogens is 290 g/mol. The number of carbonyl (C=O) groups is 2. The van der Waals surface area contributed by atoms with E-state index in [1.165, 1.54) is 23.9 Å². The molecule has 0 bridgehead atoms. The standard InChI is InChI=1S/C15H13NO4S/c1-8-6-13(11(16)7-10(8)15(19)20)21-12-5-3-2-4-9(12)14(17)18/h2-7H,16H2,1H3,(H,17,18)(H,19,20). The average molecular weight is 303 g/mol. The zero-order valence-electron chi connectivity index (χ0n) is 11.2. The molecule has 0 saturated heterocycles. The highest BCUT2D eigenvalue weighted by Crippen LogP contribution is 2.35. The molecule has 0 aliphatic carbocycles. The number of hydrogen-bond acceptors (Lipinski definition) is 4. The van der Waals surface area contributed by atoms with Gasteiger partial charge in [0.2, 0.25) is 0 Å². The van der Waals surface area contributed by atoms with E-state index in [0.717, 1.165) is 0 Å². The number of nitrogen functional groups attached to an aromatic ring is 1. The second-order valence-corrected chi connectivity index (χ2v) is 5.50. The topological polar surface area (TPSA) is 101 Å². The number of anilines is 1. The van der Waals surface area contributed by atoms with Gasteiger partial charge in [-0.15, -0.1) is 0 Å². The minimum absolute atomic E-state index is 0.142. The lowest BCUT2D eigenvalue weighted by Crippen LogP contribution is -2.03. The Bertz CT molecular complexity index is 728. The van der Waals surface area contributed by atoms with E-state index in [1.54, 1.807) is 31.2 Å². The first-order valence-electron chi connectivity index (χ1n) is 6.03. The van der Waals surface area contributed by atoms with Crippen LogP contribution in [-0.4, -0.2) is 22.2 Å². The Morgan fingerprint density at radius 3 is 2.24 bits per heavy atom. The maximum Gasteiger partial charge on any atom is 0.336 e. The first-order chi connectivity index (χ1) is 9.90. The van der Waals surface area contributed by atoms with Crippen molar-refractivity contribution in [2.24, 2.45) is 0 Å². The number of aryl methyl sites for hydroxylation is 1. The molecule has 0 spiro atoms. The summed E-state index contributed by atoms with van der Waals surface area (Å²) in [5.41, 5.74) is 7.08. The molecule has 0 radical (unpaired) electrons. The van der Waals surface area contributed by atoms with E-state index in [1.807, 2.05) is 0 Å². The van der Waals surface area contributed by atoms with Crippen LogP contribution in [0.5, 0.6) is 0 Å². The molecule has 0 saturated carbocycles. The van der Waals surface area contributed by atoms with Crippen molar-refractivity contribution in [3.63, 3.8) is 0 Å². The molecule has 4 N–H and O–H groups in total. The van der Waals surface area contributed by atoms with Gasteiger partial charge < -0.3 is 15.9 Å². The quantitative estimate of drug-likeness (QED) is 0.750. The Morgan fingerprint density at radius 1 is 1.00 bits per heavy atom. The van der Waals surface area contributed by atoms with Crippen LogP contribution in [0.25, 0.3) is 0 Å². The molecule has 0 atom stereocenters. The first-order valence-corrected chi connectivity index (χ1v) is 6.85. The molecule has 2 rings (SSSR count). The minimum Gasteiger partial charge on any atom is -0.478 e. The van der Waals surface area contributed by atoms with Crippen molar-refractivity contribution >= 4 is 29.4 Å². The molecule has 108 valence electrons. The van der Waals surface area contributed by atoms with Crippen molar-refractivity contribution in [3.05, 3.63) is 53.1 Å². The summed E-state index contributed by atoms with van der Waals surface area (Å²) >= 11 is 1.20. The predicted molar refractivity (Wildman–Crippen MR) is 80.1 cm³/mol. The highest BCUT2D eigenvalue weighted by Gasteiger charge is 2.15. The van der Waals surface area contributed by atoms with Crippen LogP contribution in [0.2, 0.25) is 0 Å². The highest BCUT2D eigenvalue weighted by atomic mass is 32.2. The fourth-order valence-electron chi connectivity index (χ4n) is 1.87. The second kappa shape index (κ2) is 5.88. The van der Waals surface area contributed by atoms with Gasteiger partial charge in [0.05, 0.1) is 11.1 Å². The molecular formula is C15H13NO4S. The third-order valence-corrected chi connectivity index (χ3v) is 4.07. The van der Waals surface area contributed by atoms with Crippen LogP contribution in [0.15, 0.2) is 46.2 Å². The van der Waals surface area contributed by atoms with Gasteiger partial charge in [-0.3, -0.25) is 0 Å². The van der Waals surface area contributed by atoms with E-state index >= 15 is 0 Å². The number of rotatable bonds is 4. The van der Waals surface area contributed by atoms with Gasteiger partial charge in [0.25, 0.3) is 0 Å². The molecule has 0 aliphatic rings. The molecule has 0 aliphatic heterocycles. The Labute approximate surface area is 125 Å². The fraction of sp³-hybridized carbons (Fsp3) is 0.0667. The van der Waals surface area contributed by atoms with Crippen LogP contribution in [0.3, 0.4) is 0 Å². The van der Waals surface area contributed by atoms with Crippen molar-refractivity contribution in [1.82, 2.24) is 0 Å². The van der Waals surface area contributed by atoms with Crippen molar-refractivity contribution in [2.45, 2.75) is 16.7 Å². The summed E-state index contributed by atoms with van der Waals surface area (Å²) in [6, 6.07) is 9.64. The number of hydrogen-bond donors (Lipinski definition) is 3. The van der Waals surface area contributed by atoms with E-state index in [2.05, 4.69) is 0 Å². The Balaban J connectivity index is 2.44. The Hall–Kier alpha value is -2.47. The summed E-state index contributed by atoms with van der Waals surface area (Å²) < 4.78 is 0. The number of carboxylic acids is 2. The summed E-state index contributed by atoms with van der Waals surface area (Å²) in [6.45, 7) is 1.68. The zero-order chi connectivity index (χ0) is 15.6. The molecule has 0 aromatic heterocycles. The molecule has 0 heterocycles. The second-order valence-electron chi connectivity index (χ2n) is 4.41. The van der Waals surface area contributed by atoms with Gasteiger partial charge >= 0.3 is 11.9 Å². The Morgan fingerprint density at radius 2 is 1.62 bits per heavy atom. The smallest absolute Gasteiger partial charge is 0.336 e. The number of aromatic carboxylic acids is 2. The first kappa shape index (κ1) is 14.9. The van der Waals surface area contributed by atoms with E-state index in [-0.39, 0.29) is 11.1 Å². The minimum atomic E-state index is -1.04. The van der Waals surface area contributed by atoms with Crippen molar-refractivity contribution in [2.75, 3.05) is 5.73 Å². The third kappa shape index (κ3) is 3.17. The van der Waals surface area contributed by atoms with Crippen molar-refractivity contribution in [3.8, 4) is 0 Å². The van der Waals surface area contributed by atoms with Crippen LogP contribution in [0.4, 0.5) is 5.69 Å². The largest absolute Gasteiger partial charge is 0.478 e. The van der Waals surface area contributed by atoms with Gasteiger partial charge in [-0.25, -0.2) is 9.59 Å². The third-order valence-electron chi connectivity index (χ3n) is 2.92. The lowest BCUT2D eigenvalue weighted by Gasteiger charge is -2.10. The van der Waals surface area contributed by atoms with E-state index in [9.17, 15) is 9.59 Å². The number of benzene rings is 2. The monoisotopic (exact) mass is 303 g/mol. The van der Waals surface area contributed by atoms with Gasteiger partial charge in [-0.05, 0) is 36.8 Å². The molecule has 6 heteroatoms. The molecule has 21 heavy (non-hydrogen) atoms. The van der Waals surface area contributed by atoms with E-state index in [0.29, 0.717) is 21.0 Å². The number of nitrogens with two attached hydrogens (primary N) is 1. The molecule has 5 nitrogen and oxygen atoms in total. The van der Waals surface area contributed by atoms with Crippen LogP contribution in [0.1, 0.15) is 26.3 Å². The average Bonchev–Trinajstić information content (AvgIpc) is 2.42. The Kier molecular flexibility index (Phi) is 4.18. The van der Waals surface area contributed by atoms with Crippen molar-refractivity contribution < 1.29 is 19.8 Å². The maximum absolute atomic E-state index is 11.2. The molecule has 0 amide bonds. The van der Waals surface area contributed by atoms with Gasteiger partial charge in [0, 0.05) is 15.5 Å². The van der Waals surface area contributed by atoms with Crippen LogP contribution < -0.4 is 5.73 Å². The lowest BCUT2D eigenvalue weighted by molar-refractivity contribution is 0.0684. The van der Waals surface area contributed by atoms with E-state index in [4.69, 9.17) is 15.9 Å². The van der Waals surface area contributed by atoms with Crippen LogP contribution in [-0.2, 0) is 0 Å². The molecule has 2 aromatic rings. The normalized spacial score (nSPS) is 10.3. The summed E-state index contributed by atoms with van der Waals surface area (Å²) in [7, 11) is 0. The highest BCUT2D eigenvalue weighted by molar-refractivity contribution is 7.99. The summed E-state index contributed by atoms with van der Waals surface area (Å²) in [4.78, 5) is 23.4. The van der Waals surface area contributed by atoms with Gasteiger partial charge in [-0.2, -0.15) is 0 Å².